The van der Waals surface area contributed by atoms with Gasteiger partial charge in [-0.15, -0.1) is 45.2 Å². The molecule has 0 fully saturated rings. The van der Waals surface area contributed by atoms with E-state index in [4.69, 9.17) is 0 Å². The molecule has 8 aromatic rings. The molecule has 4 heteroatoms. The van der Waals surface area contributed by atoms with E-state index in [9.17, 15) is 0 Å². The fraction of sp³-hybridized carbons (Fsp3) is 0.0526. The Morgan fingerprint density at radius 3 is 1.21 bits per heavy atom. The van der Waals surface area contributed by atoms with E-state index in [1.54, 1.807) is 0 Å². The summed E-state index contributed by atoms with van der Waals surface area (Å²) in [4.78, 5) is 0. The Balaban J connectivity index is 0.000000174. The second-order valence-corrected chi connectivity index (χ2v) is 11.9. The number of rotatable bonds is 2. The van der Waals surface area contributed by atoms with Crippen molar-refractivity contribution in [2.45, 2.75) is 13.8 Å². The van der Waals surface area contributed by atoms with E-state index in [1.165, 1.54) is 97.1 Å². The van der Waals surface area contributed by atoms with Gasteiger partial charge in [-0.05, 0) is 9.40 Å². The molecule has 0 unspecified atom stereocenters. The standard InChI is InChI=1S/2C18H13S.2CH3.Si.Zr/c2*1-12-15(13-7-3-2-4-8-13)11-16-14-9-5-6-10-17(14)19-18(12)16;;;;/h2*2-11H,1H3;2*1H3;;/q4*-1;;. The summed E-state index contributed by atoms with van der Waals surface area (Å²) in [5, 5.41) is 5.56. The predicted molar refractivity (Wildman–Crippen MR) is 189 cm³/mol. The van der Waals surface area contributed by atoms with Gasteiger partial charge in [-0.2, -0.15) is 22.7 Å². The summed E-state index contributed by atoms with van der Waals surface area (Å²) in [7, 11) is 0. The fourth-order valence-corrected chi connectivity index (χ4v) is 7.95. The molecule has 0 saturated heterocycles. The topological polar surface area (TPSA) is 0 Å². The zero-order valence-corrected chi connectivity index (χ0v) is 29.5. The first-order valence-corrected chi connectivity index (χ1v) is 19.0. The summed E-state index contributed by atoms with van der Waals surface area (Å²) in [6, 6.07) is 43.4. The van der Waals surface area contributed by atoms with Crippen LogP contribution in [0.15, 0.2) is 121 Å². The quantitative estimate of drug-likeness (QED) is 0.127. The Bertz CT molecular complexity index is 1910. The molecule has 0 aliphatic carbocycles. The van der Waals surface area contributed by atoms with Gasteiger partial charge in [0.15, 0.2) is 0 Å². The molecule has 8 rings (SSSR count). The zero-order chi connectivity index (χ0) is 27.6. The van der Waals surface area contributed by atoms with Gasteiger partial charge in [-0.25, -0.2) is 0 Å². The summed E-state index contributed by atoms with van der Waals surface area (Å²) >= 11 is 5.16. The molecule has 0 nitrogen and oxygen atoms in total. The van der Waals surface area contributed by atoms with Crippen LogP contribution >= 0.6 is 22.7 Å². The van der Waals surface area contributed by atoms with Crippen molar-refractivity contribution in [3.8, 4) is 22.3 Å². The van der Waals surface area contributed by atoms with Crippen molar-refractivity contribution in [3.05, 3.63) is 147 Å². The van der Waals surface area contributed by atoms with Gasteiger partial charge in [0.05, 0.1) is 0 Å². The minimum atomic E-state index is 0. The molecule has 2 aromatic heterocycles. The van der Waals surface area contributed by atoms with Crippen molar-refractivity contribution in [1.29, 1.82) is 0 Å². The Morgan fingerprint density at radius 1 is 0.500 bits per heavy atom. The molecule has 0 bridgehead atoms. The van der Waals surface area contributed by atoms with Crippen LogP contribution in [0.5, 0.6) is 0 Å². The third-order valence-corrected chi connectivity index (χ3v) is 10.1. The summed E-state index contributed by atoms with van der Waals surface area (Å²) < 4.78 is 5.63. The van der Waals surface area contributed by atoms with Gasteiger partial charge < -0.3 is 14.9 Å². The normalized spacial score (nSPS) is 10.4. The van der Waals surface area contributed by atoms with E-state index in [2.05, 4.69) is 142 Å². The van der Waals surface area contributed by atoms with Crippen molar-refractivity contribution in [2.24, 2.45) is 0 Å². The first-order valence-electron chi connectivity index (χ1n) is 13.2. The Kier molecular flexibility index (Phi) is 10.7. The van der Waals surface area contributed by atoms with E-state index < -0.39 is 0 Å². The number of thiophene rings is 2. The number of aryl methyl sites for hydroxylation is 2. The fourth-order valence-electron chi connectivity index (χ4n) is 5.56. The first-order chi connectivity index (χ1) is 19.7. The molecule has 2 heterocycles. The van der Waals surface area contributed by atoms with Crippen LogP contribution in [0.1, 0.15) is 11.1 Å². The van der Waals surface area contributed by atoms with Gasteiger partial charge >= 0.3 is 30.2 Å². The molecular formula is C38H32S2SiZr-4. The second kappa shape index (κ2) is 14.1. The number of benzene rings is 4. The van der Waals surface area contributed by atoms with Crippen molar-refractivity contribution in [1.82, 2.24) is 0 Å². The van der Waals surface area contributed by atoms with E-state index in [0.717, 1.165) is 0 Å². The van der Waals surface area contributed by atoms with Crippen molar-refractivity contribution >= 4 is 69.9 Å². The number of fused-ring (bicyclic) bond motifs is 6. The van der Waals surface area contributed by atoms with Gasteiger partial charge in [0.2, 0.25) is 0 Å². The molecule has 208 valence electrons. The molecule has 0 spiro atoms. The molecule has 2 radical (unpaired) electrons. The number of hydrogen-bond acceptors (Lipinski definition) is 2. The summed E-state index contributed by atoms with van der Waals surface area (Å²) in [5.74, 6) is 0. The average molecular weight is 672 g/mol. The first kappa shape index (κ1) is 32.0. The predicted octanol–water partition coefficient (Wildman–Crippen LogP) is 12.0. The third kappa shape index (κ3) is 5.83. The van der Waals surface area contributed by atoms with Crippen LogP contribution in [0.25, 0.3) is 62.6 Å². The van der Waals surface area contributed by atoms with E-state index in [0.29, 0.717) is 0 Å². The van der Waals surface area contributed by atoms with Crippen LogP contribution in [0, 0.1) is 28.7 Å². The Hall–Kier alpha value is -2.88. The molecule has 6 aromatic carbocycles. The molecule has 0 aliphatic heterocycles. The van der Waals surface area contributed by atoms with Crippen LogP contribution in [0.4, 0.5) is 0 Å². The molecular weight excluding hydrogens is 640 g/mol. The summed E-state index contributed by atoms with van der Waals surface area (Å²) in [6.07, 6.45) is 0. The van der Waals surface area contributed by atoms with Gasteiger partial charge in [-0.1, -0.05) is 154 Å². The van der Waals surface area contributed by atoms with Crippen LogP contribution in [0.3, 0.4) is 0 Å². The van der Waals surface area contributed by atoms with Crippen LogP contribution in [-0.2, 0) is 23.3 Å². The van der Waals surface area contributed by atoms with Crippen molar-refractivity contribution < 1.29 is 23.3 Å². The Labute approximate surface area is 274 Å². The maximum atomic E-state index is 3.06. The zero-order valence-electron chi connectivity index (χ0n) is 24.4. The number of hydrogen-bond donors (Lipinski definition) is 0. The molecule has 42 heavy (non-hydrogen) atoms. The SMILES string of the molecule is Cc1c(-c2ccccc2)[cH-]c2c1sc1ccccc12.Cc1c(-c2ccccc2)[cH-]c2c1sc1ccccc12.[CH3-].[CH3-].[Si]=[Zr]. The summed E-state index contributed by atoms with van der Waals surface area (Å²) in [6.45, 7) is 7.53. The van der Waals surface area contributed by atoms with Crippen LogP contribution < -0.4 is 0 Å². The Morgan fingerprint density at radius 2 is 0.833 bits per heavy atom. The van der Waals surface area contributed by atoms with Crippen molar-refractivity contribution in [3.63, 3.8) is 0 Å². The van der Waals surface area contributed by atoms with Crippen LogP contribution in [-0.4, -0.2) is 6.88 Å². The van der Waals surface area contributed by atoms with Gasteiger partial charge in [-0.3, -0.25) is 0 Å². The van der Waals surface area contributed by atoms with Gasteiger partial charge in [0.1, 0.15) is 0 Å². The monoisotopic (exact) mass is 670 g/mol. The third-order valence-electron chi connectivity index (χ3n) is 7.50. The van der Waals surface area contributed by atoms with E-state index in [-0.39, 0.29) is 14.9 Å². The average Bonchev–Trinajstić information content (AvgIpc) is 3.75. The molecule has 0 saturated carbocycles. The molecule has 0 amide bonds. The van der Waals surface area contributed by atoms with Gasteiger partial charge in [0, 0.05) is 0 Å². The maximum absolute atomic E-state index is 3.06. The summed E-state index contributed by atoms with van der Waals surface area (Å²) in [5.41, 5.74) is 8.17. The van der Waals surface area contributed by atoms with Crippen LogP contribution in [0.2, 0.25) is 0 Å². The minimum absolute atomic E-state index is 0. The second-order valence-electron chi connectivity index (χ2n) is 9.78. The molecule has 0 aliphatic rings. The molecule has 0 atom stereocenters. The van der Waals surface area contributed by atoms with Gasteiger partial charge in [0.25, 0.3) is 0 Å². The van der Waals surface area contributed by atoms with E-state index >= 15 is 0 Å². The molecule has 0 N–H and O–H groups in total. The van der Waals surface area contributed by atoms with E-state index in [1.807, 2.05) is 22.7 Å². The van der Waals surface area contributed by atoms with Crippen molar-refractivity contribution in [2.75, 3.05) is 0 Å².